The van der Waals surface area contributed by atoms with Crippen LogP contribution in [0.1, 0.15) is 11.3 Å². The first kappa shape index (κ1) is 11.4. The molecule has 2 rings (SSSR count). The molecule has 1 aromatic carbocycles. The number of hydrogen-bond donors (Lipinski definition) is 2. The lowest BCUT2D eigenvalue weighted by atomic mass is 10.1. The standard InChI is InChI=1S/C14H15N3/c15-17-14-9-7-12(8-10-14)4-3-6-13-5-1-2-11-16-13/h1-3,5-11,17H,4,15H2/b6-3+. The molecule has 0 aliphatic heterocycles. The number of nitrogens with two attached hydrogens (primary N) is 1. The summed E-state index contributed by atoms with van der Waals surface area (Å²) in [4.78, 5) is 4.22. The predicted molar refractivity (Wildman–Crippen MR) is 71.2 cm³/mol. The monoisotopic (exact) mass is 225 g/mol. The van der Waals surface area contributed by atoms with E-state index in [-0.39, 0.29) is 0 Å². The zero-order chi connectivity index (χ0) is 11.9. The highest BCUT2D eigenvalue weighted by atomic mass is 15.2. The Morgan fingerprint density at radius 3 is 2.59 bits per heavy atom. The number of benzene rings is 1. The average molecular weight is 225 g/mol. The van der Waals surface area contributed by atoms with Gasteiger partial charge in [0, 0.05) is 11.9 Å². The molecule has 0 amide bonds. The maximum atomic E-state index is 5.30. The maximum absolute atomic E-state index is 5.30. The second-order valence-electron chi connectivity index (χ2n) is 3.70. The van der Waals surface area contributed by atoms with Crippen molar-refractivity contribution in [2.24, 2.45) is 5.84 Å². The summed E-state index contributed by atoms with van der Waals surface area (Å²) in [6, 6.07) is 13.9. The molecule has 1 heterocycles. The Morgan fingerprint density at radius 2 is 1.94 bits per heavy atom. The van der Waals surface area contributed by atoms with Gasteiger partial charge in [0.1, 0.15) is 0 Å². The SMILES string of the molecule is NNc1ccc(C/C=C/c2ccccn2)cc1. The molecule has 0 aliphatic rings. The van der Waals surface area contributed by atoms with E-state index in [1.165, 1.54) is 5.56 Å². The van der Waals surface area contributed by atoms with E-state index in [0.29, 0.717) is 0 Å². The van der Waals surface area contributed by atoms with Crippen LogP contribution in [0.2, 0.25) is 0 Å². The molecule has 3 nitrogen and oxygen atoms in total. The predicted octanol–water partition coefficient (Wildman–Crippen LogP) is 2.62. The zero-order valence-electron chi connectivity index (χ0n) is 9.51. The third-order valence-corrected chi connectivity index (χ3v) is 2.45. The average Bonchev–Trinajstić information content (AvgIpc) is 2.41. The summed E-state index contributed by atoms with van der Waals surface area (Å²) >= 11 is 0. The summed E-state index contributed by atoms with van der Waals surface area (Å²) in [5.74, 6) is 5.30. The summed E-state index contributed by atoms with van der Waals surface area (Å²) in [6.07, 6.45) is 6.81. The van der Waals surface area contributed by atoms with Crippen LogP contribution >= 0.6 is 0 Å². The number of rotatable bonds is 4. The Labute approximate surface area is 101 Å². The van der Waals surface area contributed by atoms with Crippen molar-refractivity contribution in [3.05, 3.63) is 66.0 Å². The lowest BCUT2D eigenvalue weighted by Crippen LogP contribution is -2.06. The van der Waals surface area contributed by atoms with Gasteiger partial charge in [0.2, 0.25) is 0 Å². The minimum absolute atomic E-state index is 0.890. The molecule has 0 fully saturated rings. The maximum Gasteiger partial charge on any atom is 0.0626 e. The van der Waals surface area contributed by atoms with Gasteiger partial charge in [-0.15, -0.1) is 0 Å². The number of hydrogen-bond acceptors (Lipinski definition) is 3. The molecule has 3 N–H and O–H groups in total. The van der Waals surface area contributed by atoms with Gasteiger partial charge >= 0.3 is 0 Å². The van der Waals surface area contributed by atoms with E-state index < -0.39 is 0 Å². The summed E-state index contributed by atoms with van der Waals surface area (Å²) in [5, 5.41) is 0. The van der Waals surface area contributed by atoms with E-state index in [9.17, 15) is 0 Å². The molecule has 86 valence electrons. The van der Waals surface area contributed by atoms with E-state index >= 15 is 0 Å². The third-order valence-electron chi connectivity index (χ3n) is 2.45. The molecule has 0 radical (unpaired) electrons. The van der Waals surface area contributed by atoms with Gasteiger partial charge in [-0.1, -0.05) is 24.3 Å². The number of aromatic nitrogens is 1. The molecule has 2 aromatic rings. The van der Waals surface area contributed by atoms with Crippen molar-refractivity contribution in [3.63, 3.8) is 0 Å². The number of allylic oxidation sites excluding steroid dienone is 1. The number of hydrazine groups is 1. The molecule has 0 unspecified atom stereocenters. The Morgan fingerprint density at radius 1 is 1.12 bits per heavy atom. The highest BCUT2D eigenvalue weighted by Crippen LogP contribution is 2.09. The molecule has 0 saturated carbocycles. The van der Waals surface area contributed by atoms with Crippen molar-refractivity contribution < 1.29 is 0 Å². The smallest absolute Gasteiger partial charge is 0.0626 e. The first-order valence-electron chi connectivity index (χ1n) is 5.51. The Bertz CT molecular complexity index is 475. The van der Waals surface area contributed by atoms with Gasteiger partial charge in [0.15, 0.2) is 0 Å². The minimum atomic E-state index is 0.890. The zero-order valence-corrected chi connectivity index (χ0v) is 9.51. The van der Waals surface area contributed by atoms with Crippen molar-refractivity contribution >= 4 is 11.8 Å². The Hall–Kier alpha value is -2.13. The fourth-order valence-corrected chi connectivity index (χ4v) is 1.53. The van der Waals surface area contributed by atoms with Crippen LogP contribution in [0.25, 0.3) is 6.08 Å². The first-order valence-corrected chi connectivity index (χ1v) is 5.51. The molecule has 0 aliphatic carbocycles. The number of anilines is 1. The van der Waals surface area contributed by atoms with Gasteiger partial charge < -0.3 is 5.43 Å². The fourth-order valence-electron chi connectivity index (χ4n) is 1.53. The second kappa shape index (κ2) is 5.82. The Kier molecular flexibility index (Phi) is 3.89. The summed E-state index contributed by atoms with van der Waals surface area (Å²) in [7, 11) is 0. The van der Waals surface area contributed by atoms with Crippen LogP contribution in [0.3, 0.4) is 0 Å². The van der Waals surface area contributed by atoms with E-state index in [2.05, 4.69) is 28.6 Å². The molecule has 17 heavy (non-hydrogen) atoms. The van der Waals surface area contributed by atoms with Gasteiger partial charge in [-0.05, 0) is 42.3 Å². The van der Waals surface area contributed by atoms with Crippen LogP contribution < -0.4 is 11.3 Å². The number of pyridine rings is 1. The summed E-state index contributed by atoms with van der Waals surface area (Å²) in [6.45, 7) is 0. The molecule has 0 saturated heterocycles. The molecular weight excluding hydrogens is 210 g/mol. The van der Waals surface area contributed by atoms with Crippen molar-refractivity contribution in [1.82, 2.24) is 4.98 Å². The topological polar surface area (TPSA) is 50.9 Å². The van der Waals surface area contributed by atoms with Crippen molar-refractivity contribution in [1.29, 1.82) is 0 Å². The van der Waals surface area contributed by atoms with Gasteiger partial charge in [-0.25, -0.2) is 0 Å². The number of nitrogens with zero attached hydrogens (tertiary/aromatic N) is 1. The van der Waals surface area contributed by atoms with Crippen LogP contribution in [0, 0.1) is 0 Å². The molecule has 0 spiro atoms. The molecule has 0 atom stereocenters. The summed E-state index contributed by atoms with van der Waals surface area (Å²) < 4.78 is 0. The van der Waals surface area contributed by atoms with Crippen molar-refractivity contribution in [3.8, 4) is 0 Å². The molecule has 0 bridgehead atoms. The lowest BCUT2D eigenvalue weighted by Gasteiger charge is -2.00. The number of nitrogens with one attached hydrogen (secondary N) is 1. The molecule has 3 heteroatoms. The molecule has 1 aromatic heterocycles. The minimum Gasteiger partial charge on any atom is -0.324 e. The van der Waals surface area contributed by atoms with Gasteiger partial charge in [0.05, 0.1) is 5.69 Å². The normalized spacial score (nSPS) is 10.6. The van der Waals surface area contributed by atoms with Gasteiger partial charge in [0.25, 0.3) is 0 Å². The van der Waals surface area contributed by atoms with E-state index in [0.717, 1.165) is 17.8 Å². The van der Waals surface area contributed by atoms with Crippen molar-refractivity contribution in [2.45, 2.75) is 6.42 Å². The first-order chi connectivity index (χ1) is 8.38. The van der Waals surface area contributed by atoms with Crippen LogP contribution in [0.15, 0.2) is 54.7 Å². The molecular formula is C14H15N3. The third kappa shape index (κ3) is 3.43. The van der Waals surface area contributed by atoms with Crippen LogP contribution in [-0.2, 0) is 6.42 Å². The van der Waals surface area contributed by atoms with Crippen molar-refractivity contribution in [2.75, 3.05) is 5.43 Å². The quantitative estimate of drug-likeness (QED) is 0.621. The van der Waals surface area contributed by atoms with Gasteiger partial charge in [-0.2, -0.15) is 0 Å². The van der Waals surface area contributed by atoms with E-state index in [4.69, 9.17) is 5.84 Å². The summed E-state index contributed by atoms with van der Waals surface area (Å²) in [5.41, 5.74) is 5.75. The largest absolute Gasteiger partial charge is 0.324 e. The van der Waals surface area contributed by atoms with Crippen LogP contribution in [-0.4, -0.2) is 4.98 Å². The van der Waals surface area contributed by atoms with E-state index in [1.807, 2.05) is 36.4 Å². The van der Waals surface area contributed by atoms with Crippen LogP contribution in [0.5, 0.6) is 0 Å². The van der Waals surface area contributed by atoms with Gasteiger partial charge in [-0.3, -0.25) is 10.8 Å². The highest BCUT2D eigenvalue weighted by molar-refractivity contribution is 5.46. The van der Waals surface area contributed by atoms with E-state index in [1.54, 1.807) is 6.20 Å². The second-order valence-corrected chi connectivity index (χ2v) is 3.70. The fraction of sp³-hybridized carbons (Fsp3) is 0.0714. The highest BCUT2D eigenvalue weighted by Gasteiger charge is 1.91. The van der Waals surface area contributed by atoms with Crippen LogP contribution in [0.4, 0.5) is 5.69 Å². The number of nitrogen functional groups attached to an aromatic ring is 1. The lowest BCUT2D eigenvalue weighted by molar-refractivity contribution is 1.25. The Balaban J connectivity index is 1.95.